The molecular formula is C17H22N4O4S2. The van der Waals surface area contributed by atoms with Gasteiger partial charge < -0.3 is 0 Å². The molecule has 1 aliphatic rings. The second-order valence-electron chi connectivity index (χ2n) is 6.75. The van der Waals surface area contributed by atoms with Crippen molar-refractivity contribution in [3.8, 4) is 0 Å². The third kappa shape index (κ3) is 4.22. The van der Waals surface area contributed by atoms with Crippen LogP contribution in [0.2, 0.25) is 0 Å². The van der Waals surface area contributed by atoms with E-state index in [1.807, 2.05) is 13.8 Å². The molecule has 1 aliphatic heterocycles. The number of hydrogen-bond donors (Lipinski definition) is 1. The molecule has 1 aromatic carbocycles. The molecule has 10 heteroatoms. The number of nitrogens with one attached hydrogen (secondary N) is 1. The molecule has 2 aromatic rings. The van der Waals surface area contributed by atoms with Crippen molar-refractivity contribution in [2.24, 2.45) is 5.10 Å². The monoisotopic (exact) mass is 410 g/mol. The molecule has 0 saturated carbocycles. The fourth-order valence-corrected chi connectivity index (χ4v) is 5.60. The first-order valence-corrected chi connectivity index (χ1v) is 11.8. The van der Waals surface area contributed by atoms with E-state index in [0.717, 1.165) is 11.3 Å². The lowest BCUT2D eigenvalue weighted by molar-refractivity contribution is 0.486. The number of sulfonamides is 1. The second kappa shape index (κ2) is 7.08. The predicted octanol–water partition coefficient (Wildman–Crippen LogP) is 1.48. The van der Waals surface area contributed by atoms with Crippen LogP contribution >= 0.6 is 0 Å². The van der Waals surface area contributed by atoms with Crippen molar-refractivity contribution in [3.63, 3.8) is 0 Å². The normalized spacial score (nSPS) is 19.6. The molecule has 1 saturated heterocycles. The summed E-state index contributed by atoms with van der Waals surface area (Å²) in [6, 6.07) is 6.27. The zero-order valence-corrected chi connectivity index (χ0v) is 17.0. The Bertz CT molecular complexity index is 1080. The summed E-state index contributed by atoms with van der Waals surface area (Å²) in [6.07, 6.45) is 1.93. The van der Waals surface area contributed by atoms with Crippen LogP contribution in [0, 0.1) is 20.8 Å². The summed E-state index contributed by atoms with van der Waals surface area (Å²) in [5.74, 6) is 0.237. The molecule has 0 aliphatic carbocycles. The fraction of sp³-hybridized carbons (Fsp3) is 0.412. The van der Waals surface area contributed by atoms with E-state index < -0.39 is 19.9 Å². The zero-order valence-electron chi connectivity index (χ0n) is 15.4. The highest BCUT2D eigenvalue weighted by atomic mass is 32.2. The summed E-state index contributed by atoms with van der Waals surface area (Å²) in [7, 11) is -6.77. The van der Waals surface area contributed by atoms with E-state index in [-0.39, 0.29) is 22.4 Å². The fourth-order valence-electron chi connectivity index (χ4n) is 3.12. The Hall–Kier alpha value is -2.20. The Kier molecular flexibility index (Phi) is 5.13. The zero-order chi connectivity index (χ0) is 19.8. The molecule has 8 nitrogen and oxygen atoms in total. The van der Waals surface area contributed by atoms with Gasteiger partial charge >= 0.3 is 0 Å². The molecule has 1 fully saturated rings. The number of benzene rings is 1. The molecular weight excluding hydrogens is 388 g/mol. The molecule has 0 amide bonds. The molecule has 2 heterocycles. The minimum absolute atomic E-state index is 0.0750. The van der Waals surface area contributed by atoms with Crippen molar-refractivity contribution in [1.82, 2.24) is 14.6 Å². The van der Waals surface area contributed by atoms with Crippen molar-refractivity contribution in [3.05, 3.63) is 46.8 Å². The number of rotatable bonds is 5. The van der Waals surface area contributed by atoms with E-state index in [9.17, 15) is 16.8 Å². The van der Waals surface area contributed by atoms with E-state index in [1.54, 1.807) is 23.7 Å². The maximum Gasteiger partial charge on any atom is 0.276 e. The highest BCUT2D eigenvalue weighted by Gasteiger charge is 2.31. The molecule has 0 spiro atoms. The van der Waals surface area contributed by atoms with Crippen LogP contribution in [0.15, 0.2) is 34.3 Å². The smallest absolute Gasteiger partial charge is 0.265 e. The van der Waals surface area contributed by atoms with E-state index >= 15 is 0 Å². The Balaban J connectivity index is 1.79. The van der Waals surface area contributed by atoms with Gasteiger partial charge in [-0.3, -0.25) is 4.68 Å². The highest BCUT2D eigenvalue weighted by Crippen LogP contribution is 2.26. The number of hydrogen-bond acceptors (Lipinski definition) is 6. The molecule has 0 bridgehead atoms. The summed E-state index contributed by atoms with van der Waals surface area (Å²) < 4.78 is 49.7. The Morgan fingerprint density at radius 3 is 2.48 bits per heavy atom. The van der Waals surface area contributed by atoms with Gasteiger partial charge in [0.2, 0.25) is 0 Å². The third-order valence-corrected chi connectivity index (χ3v) is 7.62. The van der Waals surface area contributed by atoms with E-state index in [0.29, 0.717) is 17.7 Å². The van der Waals surface area contributed by atoms with Gasteiger partial charge in [0.05, 0.1) is 34.4 Å². The summed E-state index contributed by atoms with van der Waals surface area (Å²) in [4.78, 5) is 2.33. The average molecular weight is 411 g/mol. The van der Waals surface area contributed by atoms with Crippen LogP contribution in [0.3, 0.4) is 0 Å². The first-order chi connectivity index (χ1) is 12.6. The largest absolute Gasteiger partial charge is 0.276 e. The van der Waals surface area contributed by atoms with Crippen LogP contribution in [0.5, 0.6) is 0 Å². The molecule has 27 heavy (non-hydrogen) atoms. The lowest BCUT2D eigenvalue weighted by Gasteiger charge is -2.10. The molecule has 3 rings (SSSR count). The maximum absolute atomic E-state index is 12.3. The lowest BCUT2D eigenvalue weighted by atomic mass is 10.2. The van der Waals surface area contributed by atoms with E-state index in [1.165, 1.54) is 18.3 Å². The Morgan fingerprint density at radius 2 is 1.89 bits per heavy atom. The first kappa shape index (κ1) is 19.6. The molecule has 0 unspecified atom stereocenters. The maximum atomic E-state index is 12.3. The topological polar surface area (TPSA) is 110 Å². The van der Waals surface area contributed by atoms with Crippen LogP contribution in [-0.2, 0) is 19.9 Å². The van der Waals surface area contributed by atoms with Gasteiger partial charge in [-0.15, -0.1) is 0 Å². The molecule has 146 valence electrons. The van der Waals surface area contributed by atoms with Crippen LogP contribution < -0.4 is 4.83 Å². The molecule has 1 N–H and O–H groups in total. The minimum Gasteiger partial charge on any atom is -0.265 e. The van der Waals surface area contributed by atoms with Crippen molar-refractivity contribution < 1.29 is 16.8 Å². The van der Waals surface area contributed by atoms with Gasteiger partial charge in [0, 0.05) is 11.3 Å². The average Bonchev–Trinajstić information content (AvgIpc) is 3.08. The highest BCUT2D eigenvalue weighted by molar-refractivity contribution is 7.91. The van der Waals surface area contributed by atoms with Crippen LogP contribution in [0.4, 0.5) is 0 Å². The summed E-state index contributed by atoms with van der Waals surface area (Å²) in [6.45, 7) is 5.48. The van der Waals surface area contributed by atoms with Gasteiger partial charge in [0.25, 0.3) is 10.0 Å². The SMILES string of the molecule is Cc1ccc(S(=O)(=O)N/N=C\c2c(C)nn([C@H]3CCS(=O)(=O)C3)c2C)cc1. The minimum atomic E-state index is -3.75. The van der Waals surface area contributed by atoms with Crippen molar-refractivity contribution in [2.45, 2.75) is 38.1 Å². The number of hydrazone groups is 1. The van der Waals surface area contributed by atoms with Crippen LogP contribution in [0.25, 0.3) is 0 Å². The van der Waals surface area contributed by atoms with E-state index in [2.05, 4.69) is 15.0 Å². The molecule has 1 atom stereocenters. The number of aromatic nitrogens is 2. The number of nitrogens with zero attached hydrogens (tertiary/aromatic N) is 3. The first-order valence-electron chi connectivity index (χ1n) is 8.47. The Labute approximate surface area is 159 Å². The standard InChI is InChI=1S/C17H22N4O4S2/c1-12-4-6-16(7-5-12)27(24,25)20-18-10-17-13(2)19-21(14(17)3)15-8-9-26(22,23)11-15/h4-7,10,15,20H,8-9,11H2,1-3H3/b18-10-/t15-/m0/s1. The van der Waals surface area contributed by atoms with Crippen molar-refractivity contribution in [2.75, 3.05) is 11.5 Å². The van der Waals surface area contributed by atoms with Gasteiger partial charge in [-0.05, 0) is 39.3 Å². The van der Waals surface area contributed by atoms with Crippen molar-refractivity contribution in [1.29, 1.82) is 0 Å². The van der Waals surface area contributed by atoms with Crippen LogP contribution in [-0.4, -0.2) is 44.3 Å². The predicted molar refractivity (Wildman–Crippen MR) is 103 cm³/mol. The van der Waals surface area contributed by atoms with Crippen LogP contribution in [0.1, 0.15) is 35.0 Å². The van der Waals surface area contributed by atoms with Gasteiger partial charge in [-0.1, -0.05) is 17.7 Å². The second-order valence-corrected chi connectivity index (χ2v) is 10.6. The Morgan fingerprint density at radius 1 is 1.22 bits per heavy atom. The quantitative estimate of drug-likeness (QED) is 0.593. The molecule has 0 radical (unpaired) electrons. The molecule has 1 aromatic heterocycles. The van der Waals surface area contributed by atoms with Gasteiger partial charge in [0.1, 0.15) is 0 Å². The number of aryl methyl sites for hydroxylation is 2. The van der Waals surface area contributed by atoms with Gasteiger partial charge in [-0.25, -0.2) is 13.2 Å². The summed E-state index contributed by atoms with van der Waals surface area (Å²) in [5.41, 5.74) is 3.05. The van der Waals surface area contributed by atoms with Crippen molar-refractivity contribution >= 4 is 26.1 Å². The lowest BCUT2D eigenvalue weighted by Crippen LogP contribution is -2.18. The summed E-state index contributed by atoms with van der Waals surface area (Å²) in [5, 5.41) is 8.29. The third-order valence-electron chi connectivity index (χ3n) is 4.63. The van der Waals surface area contributed by atoms with Gasteiger partial charge in [0.15, 0.2) is 9.84 Å². The summed E-state index contributed by atoms with van der Waals surface area (Å²) >= 11 is 0. The van der Waals surface area contributed by atoms with E-state index in [4.69, 9.17) is 0 Å². The number of sulfone groups is 1. The van der Waals surface area contributed by atoms with Gasteiger partial charge in [-0.2, -0.15) is 18.6 Å².